The molecule has 0 saturated heterocycles. The second kappa shape index (κ2) is 10.3. The molecule has 0 radical (unpaired) electrons. The third-order valence-corrected chi connectivity index (χ3v) is 2.03. The van der Waals surface area contributed by atoms with Crippen molar-refractivity contribution >= 4 is 5.97 Å². The Balaban J connectivity index is 3.18. The molecule has 0 heterocycles. The smallest absolute Gasteiger partial charge is 0.302 e. The summed E-state index contributed by atoms with van der Waals surface area (Å²) in [4.78, 5) is 10.5. The average Bonchev–Trinajstić information content (AvgIpc) is 2.22. The number of esters is 1. The summed E-state index contributed by atoms with van der Waals surface area (Å²) in [6, 6.07) is 0. The van der Waals surface area contributed by atoms with Gasteiger partial charge in [0.15, 0.2) is 0 Å². The molecule has 3 nitrogen and oxygen atoms in total. The molecule has 0 saturated carbocycles. The fourth-order valence-electron chi connectivity index (χ4n) is 1.22. The zero-order valence-electron chi connectivity index (χ0n) is 10.3. The molecular formula is C13H22O3. The number of carbonyl (C=O) groups is 1. The van der Waals surface area contributed by atoms with Gasteiger partial charge in [-0.1, -0.05) is 12.7 Å². The Kier molecular flexibility index (Phi) is 9.47. The minimum Gasteiger partial charge on any atom is -0.498 e. The van der Waals surface area contributed by atoms with Gasteiger partial charge in [0.25, 0.3) is 0 Å². The van der Waals surface area contributed by atoms with E-state index in [0.717, 1.165) is 38.0 Å². The van der Waals surface area contributed by atoms with Crippen molar-refractivity contribution in [3.63, 3.8) is 0 Å². The van der Waals surface area contributed by atoms with E-state index in [1.165, 1.54) is 6.92 Å². The average molecular weight is 226 g/mol. The van der Waals surface area contributed by atoms with Crippen LogP contribution in [0.2, 0.25) is 0 Å². The van der Waals surface area contributed by atoms with Crippen molar-refractivity contribution in [3.05, 3.63) is 24.5 Å². The first-order valence-electron chi connectivity index (χ1n) is 5.72. The second-order valence-electron chi connectivity index (χ2n) is 3.62. The summed E-state index contributed by atoms with van der Waals surface area (Å²) in [7, 11) is 0. The molecule has 0 rings (SSSR count). The third-order valence-electron chi connectivity index (χ3n) is 2.03. The molecule has 0 aliphatic rings. The third kappa shape index (κ3) is 10.8. The van der Waals surface area contributed by atoms with Crippen LogP contribution in [0.3, 0.4) is 0 Å². The number of allylic oxidation sites excluding steroid dienone is 3. The highest BCUT2D eigenvalue weighted by molar-refractivity contribution is 5.65. The van der Waals surface area contributed by atoms with Crippen LogP contribution in [0.4, 0.5) is 0 Å². The maximum Gasteiger partial charge on any atom is 0.302 e. The molecule has 92 valence electrons. The van der Waals surface area contributed by atoms with Crippen molar-refractivity contribution in [3.8, 4) is 0 Å². The van der Waals surface area contributed by atoms with Crippen molar-refractivity contribution in [1.29, 1.82) is 0 Å². The largest absolute Gasteiger partial charge is 0.498 e. The normalized spacial score (nSPS) is 11.0. The van der Waals surface area contributed by atoms with Crippen LogP contribution in [0.1, 0.15) is 39.5 Å². The molecule has 16 heavy (non-hydrogen) atoms. The second-order valence-corrected chi connectivity index (χ2v) is 3.62. The Hall–Kier alpha value is -1.25. The van der Waals surface area contributed by atoms with Crippen LogP contribution in [0.25, 0.3) is 0 Å². The number of unbranched alkanes of at least 4 members (excludes halogenated alkanes) is 3. The summed E-state index contributed by atoms with van der Waals surface area (Å²) < 4.78 is 10.3. The molecule has 0 aromatic rings. The minimum absolute atomic E-state index is 0.200. The monoisotopic (exact) mass is 226 g/mol. The Bertz CT molecular complexity index is 231. The molecule has 0 unspecified atom stereocenters. The topological polar surface area (TPSA) is 35.5 Å². The molecular weight excluding hydrogens is 204 g/mol. The molecule has 0 aliphatic carbocycles. The highest BCUT2D eigenvalue weighted by atomic mass is 16.5. The van der Waals surface area contributed by atoms with Crippen LogP contribution in [0.15, 0.2) is 24.5 Å². The molecule has 0 fully saturated rings. The number of carbonyl (C=O) groups excluding carboxylic acids is 1. The maximum absolute atomic E-state index is 10.5. The molecule has 0 amide bonds. The first kappa shape index (κ1) is 14.8. The molecule has 3 heteroatoms. The first-order chi connectivity index (χ1) is 7.66. The molecule has 0 N–H and O–H groups in total. The van der Waals surface area contributed by atoms with Crippen molar-refractivity contribution < 1.29 is 14.3 Å². The maximum atomic E-state index is 10.5. The molecule has 0 bridgehead atoms. The van der Waals surface area contributed by atoms with Gasteiger partial charge in [-0.3, -0.25) is 4.79 Å². The minimum atomic E-state index is -0.200. The van der Waals surface area contributed by atoms with Crippen LogP contribution in [-0.2, 0) is 14.3 Å². The highest BCUT2D eigenvalue weighted by Gasteiger charge is 1.94. The van der Waals surface area contributed by atoms with Gasteiger partial charge in [-0.2, -0.15) is 0 Å². The van der Waals surface area contributed by atoms with E-state index in [1.807, 2.05) is 13.0 Å². The fourth-order valence-corrected chi connectivity index (χ4v) is 1.22. The van der Waals surface area contributed by atoms with Gasteiger partial charge in [0.2, 0.25) is 0 Å². The lowest BCUT2D eigenvalue weighted by molar-refractivity contribution is -0.141. The number of hydrogen-bond acceptors (Lipinski definition) is 3. The van der Waals surface area contributed by atoms with Crippen LogP contribution in [0.5, 0.6) is 0 Å². The van der Waals surface area contributed by atoms with Gasteiger partial charge in [-0.05, 0) is 38.7 Å². The van der Waals surface area contributed by atoms with Crippen LogP contribution >= 0.6 is 0 Å². The van der Waals surface area contributed by atoms with E-state index in [4.69, 9.17) is 9.47 Å². The van der Waals surface area contributed by atoms with Gasteiger partial charge >= 0.3 is 5.97 Å². The van der Waals surface area contributed by atoms with E-state index in [2.05, 4.69) is 6.58 Å². The van der Waals surface area contributed by atoms with E-state index in [9.17, 15) is 4.79 Å². The van der Waals surface area contributed by atoms with E-state index in [-0.39, 0.29) is 5.97 Å². The Morgan fingerprint density at radius 3 is 2.12 bits per heavy atom. The first-order valence-corrected chi connectivity index (χ1v) is 5.72. The number of rotatable bonds is 9. The van der Waals surface area contributed by atoms with Gasteiger partial charge < -0.3 is 9.47 Å². The van der Waals surface area contributed by atoms with Gasteiger partial charge in [0.05, 0.1) is 19.0 Å². The summed E-state index contributed by atoms with van der Waals surface area (Å²) in [5, 5.41) is 0. The van der Waals surface area contributed by atoms with Crippen LogP contribution < -0.4 is 0 Å². The van der Waals surface area contributed by atoms with Crippen LogP contribution in [-0.4, -0.2) is 19.2 Å². The van der Waals surface area contributed by atoms with Crippen molar-refractivity contribution in [1.82, 2.24) is 0 Å². The molecule has 0 spiro atoms. The summed E-state index contributed by atoms with van der Waals surface area (Å²) >= 11 is 0. The van der Waals surface area contributed by atoms with Gasteiger partial charge in [-0.25, -0.2) is 0 Å². The zero-order chi connectivity index (χ0) is 12.2. The fraction of sp³-hybridized carbons (Fsp3) is 0.615. The molecule has 0 aromatic heterocycles. The van der Waals surface area contributed by atoms with Gasteiger partial charge in [0, 0.05) is 6.92 Å². The Morgan fingerprint density at radius 1 is 1.06 bits per heavy atom. The quantitative estimate of drug-likeness (QED) is 0.262. The van der Waals surface area contributed by atoms with Crippen LogP contribution in [0, 0.1) is 0 Å². The highest BCUT2D eigenvalue weighted by Crippen LogP contribution is 2.03. The molecule has 0 aromatic carbocycles. The van der Waals surface area contributed by atoms with Crippen molar-refractivity contribution in [2.75, 3.05) is 13.2 Å². The Morgan fingerprint density at radius 2 is 1.62 bits per heavy atom. The summed E-state index contributed by atoms with van der Waals surface area (Å²) in [6.45, 7) is 8.22. The SMILES string of the molecule is C=C/C=C(\C)OCCCCCCOC(C)=O. The van der Waals surface area contributed by atoms with Crippen molar-refractivity contribution in [2.24, 2.45) is 0 Å². The summed E-state index contributed by atoms with van der Waals surface area (Å²) in [5.41, 5.74) is 0. The molecule has 0 aliphatic heterocycles. The van der Waals surface area contributed by atoms with E-state index < -0.39 is 0 Å². The van der Waals surface area contributed by atoms with Gasteiger partial charge in [0.1, 0.15) is 0 Å². The Labute approximate surface area is 98.1 Å². The summed E-state index contributed by atoms with van der Waals surface area (Å²) in [5.74, 6) is 0.698. The van der Waals surface area contributed by atoms with Gasteiger partial charge in [-0.15, -0.1) is 0 Å². The van der Waals surface area contributed by atoms with Crippen molar-refractivity contribution in [2.45, 2.75) is 39.5 Å². The lowest BCUT2D eigenvalue weighted by Crippen LogP contribution is -2.00. The standard InChI is InChI=1S/C13H22O3/c1-4-9-12(2)15-10-7-5-6-8-11-16-13(3)14/h4,9H,1,5-8,10-11H2,2-3H3/b12-9+. The predicted octanol–water partition coefficient (Wildman–Crippen LogP) is 3.22. The lowest BCUT2D eigenvalue weighted by atomic mass is 10.2. The van der Waals surface area contributed by atoms with E-state index >= 15 is 0 Å². The number of ether oxygens (including phenoxy) is 2. The van der Waals surface area contributed by atoms with E-state index in [0.29, 0.717) is 6.61 Å². The summed E-state index contributed by atoms with van der Waals surface area (Å²) in [6.07, 6.45) is 7.70. The lowest BCUT2D eigenvalue weighted by Gasteiger charge is -2.05. The van der Waals surface area contributed by atoms with E-state index in [1.54, 1.807) is 6.08 Å². The number of hydrogen-bond donors (Lipinski definition) is 0. The molecule has 0 atom stereocenters. The zero-order valence-corrected chi connectivity index (χ0v) is 10.3. The predicted molar refractivity (Wildman–Crippen MR) is 65.0 cm³/mol.